The SMILES string of the molecule is Cc1ccc(NC(=S)N[C@H](C)c2ccccc2Cl)cc1. The van der Waals surface area contributed by atoms with Crippen LogP contribution in [0.5, 0.6) is 0 Å². The number of aryl methyl sites for hydroxylation is 1. The summed E-state index contributed by atoms with van der Waals surface area (Å²) >= 11 is 11.5. The standard InChI is InChI=1S/C16H17ClN2S/c1-11-7-9-13(10-8-11)19-16(20)18-12(2)14-5-3-4-6-15(14)17/h3-10,12H,1-2H3,(H2,18,19,20)/t12-/m1/s1. The third kappa shape index (κ3) is 3.95. The van der Waals surface area contributed by atoms with Crippen LogP contribution in [0.3, 0.4) is 0 Å². The second kappa shape index (κ2) is 6.73. The molecule has 4 heteroatoms. The van der Waals surface area contributed by atoms with E-state index in [1.54, 1.807) is 0 Å². The van der Waals surface area contributed by atoms with Crippen LogP contribution in [0.1, 0.15) is 24.1 Å². The van der Waals surface area contributed by atoms with Crippen LogP contribution in [0, 0.1) is 6.92 Å². The Labute approximate surface area is 130 Å². The summed E-state index contributed by atoms with van der Waals surface area (Å²) in [5, 5.41) is 7.73. The number of thiocarbonyl (C=S) groups is 1. The van der Waals surface area contributed by atoms with Gasteiger partial charge in [-0.3, -0.25) is 0 Å². The highest BCUT2D eigenvalue weighted by atomic mass is 35.5. The van der Waals surface area contributed by atoms with E-state index in [-0.39, 0.29) is 6.04 Å². The minimum Gasteiger partial charge on any atom is -0.356 e. The van der Waals surface area contributed by atoms with E-state index in [4.69, 9.17) is 23.8 Å². The van der Waals surface area contributed by atoms with Crippen molar-refractivity contribution in [2.75, 3.05) is 5.32 Å². The Hall–Kier alpha value is -1.58. The quantitative estimate of drug-likeness (QED) is 0.804. The number of hydrogen-bond acceptors (Lipinski definition) is 1. The Morgan fingerprint density at radius 1 is 1.10 bits per heavy atom. The number of nitrogens with one attached hydrogen (secondary N) is 2. The molecule has 2 nitrogen and oxygen atoms in total. The van der Waals surface area contributed by atoms with Gasteiger partial charge in [-0.2, -0.15) is 0 Å². The van der Waals surface area contributed by atoms with Gasteiger partial charge in [0.2, 0.25) is 0 Å². The molecule has 0 aliphatic rings. The molecule has 2 aromatic rings. The number of hydrogen-bond donors (Lipinski definition) is 2. The molecule has 0 unspecified atom stereocenters. The molecule has 104 valence electrons. The van der Waals surface area contributed by atoms with E-state index in [0.29, 0.717) is 5.11 Å². The lowest BCUT2D eigenvalue weighted by molar-refractivity contribution is 0.723. The third-order valence-corrected chi connectivity index (χ3v) is 3.59. The van der Waals surface area contributed by atoms with Crippen LogP contribution < -0.4 is 10.6 Å². The van der Waals surface area contributed by atoms with Crippen LogP contribution >= 0.6 is 23.8 Å². The smallest absolute Gasteiger partial charge is 0.171 e. The average molecular weight is 305 g/mol. The fourth-order valence-electron chi connectivity index (χ4n) is 1.90. The van der Waals surface area contributed by atoms with Gasteiger partial charge in [-0.25, -0.2) is 0 Å². The molecule has 0 aromatic heterocycles. The molecular formula is C16H17ClN2S. The van der Waals surface area contributed by atoms with Crippen molar-refractivity contribution in [1.82, 2.24) is 5.32 Å². The van der Waals surface area contributed by atoms with Crippen LogP contribution in [-0.2, 0) is 0 Å². The lowest BCUT2D eigenvalue weighted by Crippen LogP contribution is -2.31. The van der Waals surface area contributed by atoms with Gasteiger partial charge in [-0.05, 0) is 49.8 Å². The molecular weight excluding hydrogens is 288 g/mol. The number of benzene rings is 2. The van der Waals surface area contributed by atoms with E-state index in [1.165, 1.54) is 5.56 Å². The molecule has 0 radical (unpaired) electrons. The summed E-state index contributed by atoms with van der Waals surface area (Å²) in [6.07, 6.45) is 0. The summed E-state index contributed by atoms with van der Waals surface area (Å²) in [6, 6.07) is 15.9. The lowest BCUT2D eigenvalue weighted by atomic mass is 10.1. The van der Waals surface area contributed by atoms with Crippen LogP contribution in [0.4, 0.5) is 5.69 Å². The second-order valence-corrected chi connectivity index (χ2v) is 5.52. The van der Waals surface area contributed by atoms with Crippen LogP contribution in [0.25, 0.3) is 0 Å². The monoisotopic (exact) mass is 304 g/mol. The Morgan fingerprint density at radius 3 is 2.40 bits per heavy atom. The fourth-order valence-corrected chi connectivity index (χ4v) is 2.50. The van der Waals surface area contributed by atoms with Crippen molar-refractivity contribution >= 4 is 34.6 Å². The first-order valence-electron chi connectivity index (χ1n) is 6.45. The number of anilines is 1. The molecule has 0 aliphatic heterocycles. The predicted molar refractivity (Wildman–Crippen MR) is 90.4 cm³/mol. The molecule has 0 saturated carbocycles. The number of rotatable bonds is 3. The Kier molecular flexibility index (Phi) is 4.99. The molecule has 0 fully saturated rings. The molecule has 20 heavy (non-hydrogen) atoms. The van der Waals surface area contributed by atoms with Crippen molar-refractivity contribution < 1.29 is 0 Å². The first kappa shape index (κ1) is 14.8. The Morgan fingerprint density at radius 2 is 1.75 bits per heavy atom. The van der Waals surface area contributed by atoms with Gasteiger partial charge in [0.05, 0.1) is 6.04 Å². The van der Waals surface area contributed by atoms with Gasteiger partial charge in [0, 0.05) is 10.7 Å². The zero-order chi connectivity index (χ0) is 14.5. The highest BCUT2D eigenvalue weighted by Gasteiger charge is 2.10. The molecule has 0 aliphatic carbocycles. The molecule has 0 spiro atoms. The van der Waals surface area contributed by atoms with Crippen LogP contribution in [0.15, 0.2) is 48.5 Å². The minimum absolute atomic E-state index is 0.0501. The summed E-state index contributed by atoms with van der Waals surface area (Å²) in [6.45, 7) is 4.09. The van der Waals surface area contributed by atoms with Gasteiger partial charge in [-0.15, -0.1) is 0 Å². The van der Waals surface area contributed by atoms with Crippen LogP contribution in [-0.4, -0.2) is 5.11 Å². The van der Waals surface area contributed by atoms with Gasteiger partial charge in [0.25, 0.3) is 0 Å². The second-order valence-electron chi connectivity index (χ2n) is 4.71. The topological polar surface area (TPSA) is 24.1 Å². The van der Waals surface area contributed by atoms with Crippen LogP contribution in [0.2, 0.25) is 5.02 Å². The van der Waals surface area contributed by atoms with Gasteiger partial charge in [-0.1, -0.05) is 47.5 Å². The van der Waals surface area contributed by atoms with E-state index in [0.717, 1.165) is 16.3 Å². The van der Waals surface area contributed by atoms with Crippen molar-refractivity contribution in [3.63, 3.8) is 0 Å². The van der Waals surface area contributed by atoms with Gasteiger partial charge >= 0.3 is 0 Å². The van der Waals surface area contributed by atoms with Crippen molar-refractivity contribution in [3.8, 4) is 0 Å². The van der Waals surface area contributed by atoms with E-state index >= 15 is 0 Å². The maximum Gasteiger partial charge on any atom is 0.171 e. The molecule has 2 rings (SSSR count). The largest absolute Gasteiger partial charge is 0.356 e. The summed E-state index contributed by atoms with van der Waals surface area (Å²) in [7, 11) is 0. The van der Waals surface area contributed by atoms with Gasteiger partial charge < -0.3 is 10.6 Å². The van der Waals surface area contributed by atoms with Crippen molar-refractivity contribution in [3.05, 3.63) is 64.7 Å². The summed E-state index contributed by atoms with van der Waals surface area (Å²) in [4.78, 5) is 0. The highest BCUT2D eigenvalue weighted by molar-refractivity contribution is 7.80. The van der Waals surface area contributed by atoms with Gasteiger partial charge in [0.15, 0.2) is 5.11 Å². The van der Waals surface area contributed by atoms with Crippen molar-refractivity contribution in [2.45, 2.75) is 19.9 Å². The molecule has 2 aromatic carbocycles. The third-order valence-electron chi connectivity index (χ3n) is 3.03. The minimum atomic E-state index is 0.0501. The summed E-state index contributed by atoms with van der Waals surface area (Å²) in [5.74, 6) is 0. The maximum absolute atomic E-state index is 6.18. The van der Waals surface area contributed by atoms with Gasteiger partial charge in [0.1, 0.15) is 0 Å². The normalized spacial score (nSPS) is 11.8. The number of halogens is 1. The molecule has 1 atom stereocenters. The zero-order valence-electron chi connectivity index (χ0n) is 11.5. The summed E-state index contributed by atoms with van der Waals surface area (Å²) in [5.41, 5.74) is 3.22. The fraction of sp³-hybridized carbons (Fsp3) is 0.188. The summed E-state index contributed by atoms with van der Waals surface area (Å²) < 4.78 is 0. The van der Waals surface area contributed by atoms with E-state index in [2.05, 4.69) is 17.6 Å². The maximum atomic E-state index is 6.18. The predicted octanol–water partition coefficient (Wildman–Crippen LogP) is 4.70. The molecule has 0 bridgehead atoms. The van der Waals surface area contributed by atoms with Crippen molar-refractivity contribution in [2.24, 2.45) is 0 Å². The lowest BCUT2D eigenvalue weighted by Gasteiger charge is -2.18. The molecule has 0 amide bonds. The van der Waals surface area contributed by atoms with E-state index < -0.39 is 0 Å². The first-order valence-corrected chi connectivity index (χ1v) is 7.23. The highest BCUT2D eigenvalue weighted by Crippen LogP contribution is 2.22. The van der Waals surface area contributed by atoms with E-state index in [1.807, 2.05) is 55.5 Å². The average Bonchev–Trinajstić information content (AvgIpc) is 2.41. The Balaban J connectivity index is 1.98. The van der Waals surface area contributed by atoms with E-state index in [9.17, 15) is 0 Å². The zero-order valence-corrected chi connectivity index (χ0v) is 13.1. The first-order chi connectivity index (χ1) is 9.56. The van der Waals surface area contributed by atoms with Crippen molar-refractivity contribution in [1.29, 1.82) is 0 Å². The Bertz CT molecular complexity index is 596. The molecule has 2 N–H and O–H groups in total. The molecule has 0 heterocycles. The molecule has 0 saturated heterocycles.